The Balaban J connectivity index is 2.32. The molecule has 1 N–H and O–H groups in total. The summed E-state index contributed by atoms with van der Waals surface area (Å²) in [6, 6.07) is 2.99. The molecule has 0 saturated heterocycles. The zero-order valence-electron chi connectivity index (χ0n) is 9.72. The standard InChI is InChI=1S/C11H10ClN3O3/c1-6-3-10(15(2)14-6)18-9-4-7(11(16)17)8(12)5-13-9/h3-5H,1-2H3,(H,16,17). The highest BCUT2D eigenvalue weighted by Crippen LogP contribution is 2.24. The first-order chi connectivity index (χ1) is 8.47. The molecule has 0 aliphatic carbocycles. The Morgan fingerprint density at radius 2 is 2.22 bits per heavy atom. The number of aromatic nitrogens is 3. The lowest BCUT2D eigenvalue weighted by Crippen LogP contribution is -2.01. The number of halogens is 1. The summed E-state index contributed by atoms with van der Waals surface area (Å²) in [5.74, 6) is -0.508. The first-order valence-corrected chi connectivity index (χ1v) is 5.42. The lowest BCUT2D eigenvalue weighted by Gasteiger charge is -2.05. The van der Waals surface area contributed by atoms with E-state index in [9.17, 15) is 4.79 Å². The van der Waals surface area contributed by atoms with Gasteiger partial charge in [-0.25, -0.2) is 14.5 Å². The maximum Gasteiger partial charge on any atom is 0.337 e. The molecule has 0 aliphatic heterocycles. The topological polar surface area (TPSA) is 77.2 Å². The molecule has 7 heteroatoms. The van der Waals surface area contributed by atoms with Crippen molar-refractivity contribution in [3.05, 3.63) is 34.6 Å². The molecule has 0 spiro atoms. The lowest BCUT2D eigenvalue weighted by molar-refractivity contribution is 0.0696. The third-order valence-corrected chi connectivity index (χ3v) is 2.53. The largest absolute Gasteiger partial charge is 0.478 e. The molecule has 0 amide bonds. The highest BCUT2D eigenvalue weighted by Gasteiger charge is 2.12. The van der Waals surface area contributed by atoms with Crippen LogP contribution in [0.5, 0.6) is 11.8 Å². The smallest absolute Gasteiger partial charge is 0.337 e. The van der Waals surface area contributed by atoms with E-state index in [0.717, 1.165) is 5.69 Å². The van der Waals surface area contributed by atoms with E-state index in [1.54, 1.807) is 13.1 Å². The predicted molar refractivity (Wildman–Crippen MR) is 64.2 cm³/mol. The molecule has 94 valence electrons. The first-order valence-electron chi connectivity index (χ1n) is 5.04. The molecule has 2 heterocycles. The fourth-order valence-corrected chi connectivity index (χ4v) is 1.61. The van der Waals surface area contributed by atoms with Gasteiger partial charge in [0.05, 0.1) is 22.5 Å². The third kappa shape index (κ3) is 2.43. The number of aromatic carboxylic acids is 1. The van der Waals surface area contributed by atoms with Gasteiger partial charge < -0.3 is 9.84 Å². The number of carbonyl (C=O) groups is 1. The Hall–Kier alpha value is -2.08. The maximum absolute atomic E-state index is 10.9. The van der Waals surface area contributed by atoms with E-state index in [1.165, 1.54) is 16.9 Å². The number of ether oxygens (including phenoxy) is 1. The van der Waals surface area contributed by atoms with Crippen LogP contribution < -0.4 is 4.74 Å². The second-order valence-corrected chi connectivity index (χ2v) is 4.06. The predicted octanol–water partition coefficient (Wildman–Crippen LogP) is 2.27. The van der Waals surface area contributed by atoms with E-state index in [-0.39, 0.29) is 16.5 Å². The van der Waals surface area contributed by atoms with Gasteiger partial charge in [-0.05, 0) is 6.92 Å². The Morgan fingerprint density at radius 1 is 1.50 bits per heavy atom. The molecule has 2 rings (SSSR count). The summed E-state index contributed by atoms with van der Waals surface area (Å²) >= 11 is 5.71. The SMILES string of the molecule is Cc1cc(Oc2cc(C(=O)O)c(Cl)cn2)n(C)n1. The summed E-state index contributed by atoms with van der Waals surface area (Å²) in [6.07, 6.45) is 1.24. The molecule has 0 radical (unpaired) electrons. The van der Waals surface area contributed by atoms with E-state index in [0.29, 0.717) is 5.88 Å². The molecular weight excluding hydrogens is 258 g/mol. The van der Waals surface area contributed by atoms with Crippen molar-refractivity contribution in [2.45, 2.75) is 6.92 Å². The average molecular weight is 268 g/mol. The van der Waals surface area contributed by atoms with Gasteiger partial charge in [-0.3, -0.25) is 0 Å². The molecular formula is C11H10ClN3O3. The summed E-state index contributed by atoms with van der Waals surface area (Å²) in [5, 5.41) is 13.1. The highest BCUT2D eigenvalue weighted by molar-refractivity contribution is 6.33. The quantitative estimate of drug-likeness (QED) is 0.923. The van der Waals surface area contributed by atoms with Crippen molar-refractivity contribution >= 4 is 17.6 Å². The van der Waals surface area contributed by atoms with Crippen LogP contribution in [0.25, 0.3) is 0 Å². The van der Waals surface area contributed by atoms with Crippen LogP contribution in [0.3, 0.4) is 0 Å². The zero-order chi connectivity index (χ0) is 13.3. The molecule has 0 bridgehead atoms. The number of rotatable bonds is 3. The number of carboxylic acid groups (broad SMARTS) is 1. The van der Waals surface area contributed by atoms with Gasteiger partial charge in [-0.15, -0.1) is 0 Å². The summed E-state index contributed by atoms with van der Waals surface area (Å²) in [4.78, 5) is 14.8. The number of aryl methyl sites for hydroxylation is 2. The summed E-state index contributed by atoms with van der Waals surface area (Å²) < 4.78 is 6.98. The number of hydrogen-bond acceptors (Lipinski definition) is 4. The van der Waals surface area contributed by atoms with Crippen LogP contribution in [-0.2, 0) is 7.05 Å². The number of hydrogen-bond donors (Lipinski definition) is 1. The van der Waals surface area contributed by atoms with E-state index >= 15 is 0 Å². The Bertz CT molecular complexity index is 610. The number of pyridine rings is 1. The van der Waals surface area contributed by atoms with Gasteiger partial charge in [0.2, 0.25) is 11.8 Å². The lowest BCUT2D eigenvalue weighted by atomic mass is 10.3. The van der Waals surface area contributed by atoms with Crippen LogP contribution in [0, 0.1) is 6.92 Å². The van der Waals surface area contributed by atoms with Crippen LogP contribution in [0.4, 0.5) is 0 Å². The minimum absolute atomic E-state index is 0.0550. The van der Waals surface area contributed by atoms with Crippen molar-refractivity contribution in [3.8, 4) is 11.8 Å². The zero-order valence-corrected chi connectivity index (χ0v) is 10.5. The van der Waals surface area contributed by atoms with Gasteiger partial charge in [0.25, 0.3) is 0 Å². The molecule has 2 aromatic rings. The van der Waals surface area contributed by atoms with Crippen molar-refractivity contribution < 1.29 is 14.6 Å². The van der Waals surface area contributed by atoms with E-state index in [2.05, 4.69) is 10.1 Å². The maximum atomic E-state index is 10.9. The molecule has 0 unspecified atom stereocenters. The van der Waals surface area contributed by atoms with Gasteiger partial charge >= 0.3 is 5.97 Å². The minimum atomic E-state index is -1.13. The fourth-order valence-electron chi connectivity index (χ4n) is 1.43. The third-order valence-electron chi connectivity index (χ3n) is 2.23. The van der Waals surface area contributed by atoms with Gasteiger partial charge in [-0.2, -0.15) is 5.10 Å². The Morgan fingerprint density at radius 3 is 2.78 bits per heavy atom. The average Bonchev–Trinajstić information content (AvgIpc) is 2.60. The van der Waals surface area contributed by atoms with E-state index < -0.39 is 5.97 Å². The molecule has 0 saturated carbocycles. The molecule has 6 nitrogen and oxygen atoms in total. The summed E-state index contributed by atoms with van der Waals surface area (Å²) in [5.41, 5.74) is 0.737. The summed E-state index contributed by atoms with van der Waals surface area (Å²) in [6.45, 7) is 1.82. The summed E-state index contributed by atoms with van der Waals surface area (Å²) in [7, 11) is 1.72. The van der Waals surface area contributed by atoms with Crippen LogP contribution in [0.2, 0.25) is 5.02 Å². The molecule has 0 aromatic carbocycles. The molecule has 2 aromatic heterocycles. The van der Waals surface area contributed by atoms with Crippen molar-refractivity contribution in [1.82, 2.24) is 14.8 Å². The first kappa shape index (κ1) is 12.4. The molecule has 18 heavy (non-hydrogen) atoms. The second-order valence-electron chi connectivity index (χ2n) is 3.66. The highest BCUT2D eigenvalue weighted by atomic mass is 35.5. The monoisotopic (exact) mass is 267 g/mol. The van der Waals surface area contributed by atoms with E-state index in [4.69, 9.17) is 21.4 Å². The van der Waals surface area contributed by atoms with Gasteiger partial charge in [-0.1, -0.05) is 11.6 Å². The van der Waals surface area contributed by atoms with Crippen LogP contribution in [-0.4, -0.2) is 25.8 Å². The Kier molecular flexibility index (Phi) is 3.20. The van der Waals surface area contributed by atoms with Crippen LogP contribution in [0.15, 0.2) is 18.3 Å². The van der Waals surface area contributed by atoms with Crippen molar-refractivity contribution in [2.75, 3.05) is 0 Å². The van der Waals surface area contributed by atoms with Gasteiger partial charge in [0, 0.05) is 19.2 Å². The fraction of sp³-hybridized carbons (Fsp3) is 0.182. The van der Waals surface area contributed by atoms with E-state index in [1.807, 2.05) is 6.92 Å². The van der Waals surface area contributed by atoms with Crippen molar-refractivity contribution in [2.24, 2.45) is 7.05 Å². The van der Waals surface area contributed by atoms with Crippen LogP contribution >= 0.6 is 11.6 Å². The van der Waals surface area contributed by atoms with Crippen LogP contribution in [0.1, 0.15) is 16.1 Å². The minimum Gasteiger partial charge on any atom is -0.478 e. The van der Waals surface area contributed by atoms with Gasteiger partial charge in [0.15, 0.2) is 0 Å². The Labute approximate surface area is 108 Å². The van der Waals surface area contributed by atoms with Crippen molar-refractivity contribution in [1.29, 1.82) is 0 Å². The number of carboxylic acids is 1. The molecule has 0 atom stereocenters. The van der Waals surface area contributed by atoms with Crippen molar-refractivity contribution in [3.63, 3.8) is 0 Å². The number of nitrogens with zero attached hydrogens (tertiary/aromatic N) is 3. The van der Waals surface area contributed by atoms with Gasteiger partial charge in [0.1, 0.15) is 0 Å². The molecule has 0 fully saturated rings. The normalized spacial score (nSPS) is 10.4. The second kappa shape index (κ2) is 4.66. The molecule has 0 aliphatic rings.